The number of amides is 1. The van der Waals surface area contributed by atoms with Crippen molar-refractivity contribution in [2.45, 2.75) is 11.9 Å². The molecule has 0 saturated carbocycles. The molecule has 0 spiro atoms. The summed E-state index contributed by atoms with van der Waals surface area (Å²) in [6.45, 7) is 0. The Morgan fingerprint density at radius 2 is 2.62 bits per heavy atom. The van der Waals surface area contributed by atoms with Crippen LogP contribution in [-0.4, -0.2) is 11.4 Å². The molecular formula is C5H6ClNO. The first-order valence-electron chi connectivity index (χ1n) is 2.40. The Morgan fingerprint density at radius 3 is 3.00 bits per heavy atom. The van der Waals surface area contributed by atoms with E-state index in [0.717, 1.165) is 6.42 Å². The van der Waals surface area contributed by atoms with Crippen molar-refractivity contribution in [2.75, 3.05) is 0 Å². The number of hydrogen-bond acceptors (Lipinski definition) is 1. The van der Waals surface area contributed by atoms with Gasteiger partial charge in [0.1, 0.15) is 5.50 Å². The summed E-state index contributed by atoms with van der Waals surface area (Å²) >= 11 is 5.53. The van der Waals surface area contributed by atoms with Gasteiger partial charge in [0.05, 0.1) is 0 Å². The van der Waals surface area contributed by atoms with E-state index in [4.69, 9.17) is 11.6 Å². The van der Waals surface area contributed by atoms with Crippen LogP contribution in [0.15, 0.2) is 12.2 Å². The minimum Gasteiger partial charge on any atom is -0.336 e. The van der Waals surface area contributed by atoms with Crippen LogP contribution >= 0.6 is 11.6 Å². The van der Waals surface area contributed by atoms with E-state index in [1.54, 1.807) is 6.08 Å². The highest BCUT2D eigenvalue weighted by atomic mass is 35.5. The van der Waals surface area contributed by atoms with Crippen molar-refractivity contribution in [3.05, 3.63) is 12.2 Å². The number of rotatable bonds is 0. The van der Waals surface area contributed by atoms with Gasteiger partial charge in [0.15, 0.2) is 0 Å². The van der Waals surface area contributed by atoms with E-state index in [-0.39, 0.29) is 11.4 Å². The highest BCUT2D eigenvalue weighted by Crippen LogP contribution is 2.02. The van der Waals surface area contributed by atoms with Gasteiger partial charge in [0.2, 0.25) is 5.91 Å². The number of hydrogen-bond donors (Lipinski definition) is 1. The highest BCUT2D eigenvalue weighted by molar-refractivity contribution is 6.22. The predicted molar refractivity (Wildman–Crippen MR) is 31.5 cm³/mol. The van der Waals surface area contributed by atoms with Crippen LogP contribution in [0.5, 0.6) is 0 Å². The second-order valence-electron chi connectivity index (χ2n) is 1.61. The molecule has 0 aromatic heterocycles. The van der Waals surface area contributed by atoms with Crippen LogP contribution in [0.1, 0.15) is 6.42 Å². The number of nitrogens with one attached hydrogen (secondary N) is 1. The summed E-state index contributed by atoms with van der Waals surface area (Å²) in [5.74, 6) is -0.101. The monoisotopic (exact) mass is 131 g/mol. The van der Waals surface area contributed by atoms with E-state index in [0.29, 0.717) is 0 Å². The maximum atomic E-state index is 10.4. The third-order valence-electron chi connectivity index (χ3n) is 0.911. The maximum absolute atomic E-state index is 10.4. The molecule has 44 valence electrons. The lowest BCUT2D eigenvalue weighted by atomic mass is 10.3. The average Bonchev–Trinajstić information content (AvgIpc) is 1.64. The molecule has 1 N–H and O–H groups in total. The van der Waals surface area contributed by atoms with Crippen LogP contribution in [0.2, 0.25) is 0 Å². The van der Waals surface area contributed by atoms with E-state index >= 15 is 0 Å². The van der Waals surface area contributed by atoms with E-state index in [1.807, 2.05) is 0 Å². The molecule has 0 aromatic rings. The minimum atomic E-state index is -0.201. The highest BCUT2D eigenvalue weighted by Gasteiger charge is 2.08. The first-order valence-corrected chi connectivity index (χ1v) is 2.84. The number of halogens is 1. The first kappa shape index (κ1) is 5.63. The van der Waals surface area contributed by atoms with Gasteiger partial charge in [-0.25, -0.2) is 0 Å². The second-order valence-corrected chi connectivity index (χ2v) is 2.14. The Morgan fingerprint density at radius 1 is 1.88 bits per heavy atom. The van der Waals surface area contributed by atoms with Crippen LogP contribution in [0, 0.1) is 0 Å². The van der Waals surface area contributed by atoms with Crippen molar-refractivity contribution >= 4 is 17.5 Å². The van der Waals surface area contributed by atoms with E-state index < -0.39 is 0 Å². The van der Waals surface area contributed by atoms with Crippen molar-refractivity contribution in [3.8, 4) is 0 Å². The molecule has 0 radical (unpaired) electrons. The van der Waals surface area contributed by atoms with Crippen LogP contribution in [0.4, 0.5) is 0 Å². The van der Waals surface area contributed by atoms with Crippen LogP contribution < -0.4 is 5.32 Å². The summed E-state index contributed by atoms with van der Waals surface area (Å²) in [6.07, 6.45) is 3.97. The number of carbonyl (C=O) groups is 1. The smallest absolute Gasteiger partial charge is 0.244 e. The normalized spacial score (nSPS) is 27.6. The summed E-state index contributed by atoms with van der Waals surface area (Å²) in [6, 6.07) is 0. The Kier molecular flexibility index (Phi) is 1.53. The third kappa shape index (κ3) is 1.23. The lowest BCUT2D eigenvalue weighted by Crippen LogP contribution is -2.31. The molecule has 0 bridgehead atoms. The molecule has 0 aromatic carbocycles. The molecule has 3 heteroatoms. The fourth-order valence-corrected chi connectivity index (χ4v) is 0.766. The lowest BCUT2D eigenvalue weighted by molar-refractivity contribution is -0.117. The fourth-order valence-electron chi connectivity index (χ4n) is 0.556. The van der Waals surface area contributed by atoms with Crippen molar-refractivity contribution in [1.29, 1.82) is 0 Å². The van der Waals surface area contributed by atoms with E-state index in [9.17, 15) is 4.79 Å². The zero-order valence-electron chi connectivity index (χ0n) is 4.23. The van der Waals surface area contributed by atoms with Crippen LogP contribution in [0.25, 0.3) is 0 Å². The first-order chi connectivity index (χ1) is 3.79. The molecule has 1 aliphatic heterocycles. The van der Waals surface area contributed by atoms with E-state index in [2.05, 4.69) is 5.32 Å². The summed E-state index contributed by atoms with van der Waals surface area (Å²) in [4.78, 5) is 10.4. The number of alkyl halides is 1. The minimum absolute atomic E-state index is 0.101. The van der Waals surface area contributed by atoms with Gasteiger partial charge >= 0.3 is 0 Å². The van der Waals surface area contributed by atoms with Gasteiger partial charge in [-0.1, -0.05) is 17.7 Å². The molecule has 0 aliphatic carbocycles. The van der Waals surface area contributed by atoms with Gasteiger partial charge in [-0.2, -0.15) is 0 Å². The summed E-state index contributed by atoms with van der Waals surface area (Å²) < 4.78 is 0. The Balaban J connectivity index is 2.54. The molecule has 8 heavy (non-hydrogen) atoms. The van der Waals surface area contributed by atoms with Crippen molar-refractivity contribution in [2.24, 2.45) is 0 Å². The van der Waals surface area contributed by atoms with Gasteiger partial charge in [-0.3, -0.25) is 4.79 Å². The van der Waals surface area contributed by atoms with Crippen LogP contribution in [0.3, 0.4) is 0 Å². The Bertz CT molecular complexity index is 132. The second kappa shape index (κ2) is 2.18. The largest absolute Gasteiger partial charge is 0.336 e. The fraction of sp³-hybridized carbons (Fsp3) is 0.400. The van der Waals surface area contributed by atoms with Crippen molar-refractivity contribution in [3.63, 3.8) is 0 Å². The quantitative estimate of drug-likeness (QED) is 0.379. The SMILES string of the molecule is O=C1C=CCC(Cl)N1. The average molecular weight is 132 g/mol. The Hall–Kier alpha value is -0.500. The summed E-state index contributed by atoms with van der Waals surface area (Å²) in [5.41, 5.74) is -0.201. The van der Waals surface area contributed by atoms with E-state index in [1.165, 1.54) is 6.08 Å². The van der Waals surface area contributed by atoms with Crippen molar-refractivity contribution < 1.29 is 4.79 Å². The molecular weight excluding hydrogens is 126 g/mol. The molecule has 0 saturated heterocycles. The summed E-state index contributed by atoms with van der Waals surface area (Å²) in [7, 11) is 0. The molecule has 0 fully saturated rings. The zero-order chi connectivity index (χ0) is 5.98. The molecule has 1 atom stereocenters. The van der Waals surface area contributed by atoms with Gasteiger partial charge in [-0.15, -0.1) is 0 Å². The van der Waals surface area contributed by atoms with Gasteiger partial charge in [0.25, 0.3) is 0 Å². The standard InChI is InChI=1S/C5H6ClNO/c6-4-2-1-3-5(8)7-4/h1,3-4H,2H2,(H,7,8). The maximum Gasteiger partial charge on any atom is 0.244 e. The molecule has 1 amide bonds. The topological polar surface area (TPSA) is 29.1 Å². The van der Waals surface area contributed by atoms with Gasteiger partial charge in [0, 0.05) is 6.42 Å². The zero-order valence-corrected chi connectivity index (χ0v) is 4.98. The molecule has 1 rings (SSSR count). The molecule has 1 unspecified atom stereocenters. The van der Waals surface area contributed by atoms with Crippen molar-refractivity contribution in [1.82, 2.24) is 5.32 Å². The molecule has 1 aliphatic rings. The van der Waals surface area contributed by atoms with Crippen LogP contribution in [-0.2, 0) is 4.79 Å². The predicted octanol–water partition coefficient (Wildman–Crippen LogP) is 0.627. The van der Waals surface area contributed by atoms with Gasteiger partial charge in [-0.05, 0) is 6.08 Å². The lowest BCUT2D eigenvalue weighted by Gasteiger charge is -2.10. The third-order valence-corrected chi connectivity index (χ3v) is 1.20. The molecule has 2 nitrogen and oxygen atoms in total. The molecule has 1 heterocycles. The van der Waals surface area contributed by atoms with Gasteiger partial charge < -0.3 is 5.32 Å². The number of carbonyl (C=O) groups excluding carboxylic acids is 1. The Labute approximate surface area is 52.5 Å². The summed E-state index contributed by atoms with van der Waals surface area (Å²) in [5, 5.41) is 2.52.